The SMILES string of the molecule is COc1ccc(C(C)(C)CCN)cn1. The summed E-state index contributed by atoms with van der Waals surface area (Å²) >= 11 is 0. The molecule has 0 aromatic carbocycles. The predicted molar refractivity (Wildman–Crippen MR) is 57.5 cm³/mol. The van der Waals surface area contributed by atoms with Gasteiger partial charge in [0.2, 0.25) is 5.88 Å². The van der Waals surface area contributed by atoms with Crippen LogP contribution >= 0.6 is 0 Å². The number of nitrogens with zero attached hydrogens (tertiary/aromatic N) is 1. The monoisotopic (exact) mass is 194 g/mol. The van der Waals surface area contributed by atoms with Gasteiger partial charge in [-0.05, 0) is 23.9 Å². The van der Waals surface area contributed by atoms with Gasteiger partial charge in [-0.3, -0.25) is 0 Å². The van der Waals surface area contributed by atoms with Crippen molar-refractivity contribution in [1.29, 1.82) is 0 Å². The van der Waals surface area contributed by atoms with Gasteiger partial charge in [0, 0.05) is 12.3 Å². The molecule has 0 saturated heterocycles. The third-order valence-corrected chi connectivity index (χ3v) is 2.50. The molecule has 1 heterocycles. The first-order chi connectivity index (χ1) is 6.60. The Morgan fingerprint density at radius 3 is 2.57 bits per heavy atom. The number of ether oxygens (including phenoxy) is 1. The minimum atomic E-state index is 0.0913. The van der Waals surface area contributed by atoms with Crippen molar-refractivity contribution in [1.82, 2.24) is 4.98 Å². The summed E-state index contributed by atoms with van der Waals surface area (Å²) in [5, 5.41) is 0. The molecule has 0 aliphatic carbocycles. The average Bonchev–Trinajstić information content (AvgIpc) is 2.18. The molecule has 1 rings (SSSR count). The summed E-state index contributed by atoms with van der Waals surface area (Å²) in [6.07, 6.45) is 2.81. The molecule has 0 aliphatic heterocycles. The number of pyridine rings is 1. The van der Waals surface area contributed by atoms with Crippen molar-refractivity contribution in [2.24, 2.45) is 5.73 Å². The normalized spacial score (nSPS) is 11.4. The summed E-state index contributed by atoms with van der Waals surface area (Å²) in [6.45, 7) is 5.03. The van der Waals surface area contributed by atoms with Gasteiger partial charge in [0.15, 0.2) is 0 Å². The molecule has 2 N–H and O–H groups in total. The maximum Gasteiger partial charge on any atom is 0.212 e. The van der Waals surface area contributed by atoms with Crippen LogP contribution in [0.1, 0.15) is 25.8 Å². The second-order valence-electron chi connectivity index (χ2n) is 4.01. The minimum absolute atomic E-state index is 0.0913. The minimum Gasteiger partial charge on any atom is -0.481 e. The zero-order chi connectivity index (χ0) is 10.6. The molecule has 1 aromatic heterocycles. The van der Waals surface area contributed by atoms with Crippen LogP contribution in [0.15, 0.2) is 18.3 Å². The number of methoxy groups -OCH3 is 1. The largest absolute Gasteiger partial charge is 0.481 e. The number of hydrogen-bond acceptors (Lipinski definition) is 3. The van der Waals surface area contributed by atoms with Crippen LogP contribution in [-0.2, 0) is 5.41 Å². The number of aromatic nitrogens is 1. The third kappa shape index (κ3) is 2.45. The van der Waals surface area contributed by atoms with Crippen LogP contribution < -0.4 is 10.5 Å². The van der Waals surface area contributed by atoms with E-state index in [9.17, 15) is 0 Å². The fourth-order valence-corrected chi connectivity index (χ4v) is 1.41. The fourth-order valence-electron chi connectivity index (χ4n) is 1.41. The predicted octanol–water partition coefficient (Wildman–Crippen LogP) is 1.72. The lowest BCUT2D eigenvalue weighted by Gasteiger charge is -2.24. The van der Waals surface area contributed by atoms with Crippen molar-refractivity contribution in [3.8, 4) is 5.88 Å². The Labute approximate surface area is 85.3 Å². The van der Waals surface area contributed by atoms with E-state index >= 15 is 0 Å². The van der Waals surface area contributed by atoms with Crippen LogP contribution in [0, 0.1) is 0 Å². The van der Waals surface area contributed by atoms with Gasteiger partial charge in [-0.2, -0.15) is 0 Å². The number of nitrogens with two attached hydrogens (primary N) is 1. The Hall–Kier alpha value is -1.09. The molecule has 0 unspecified atom stereocenters. The second-order valence-corrected chi connectivity index (χ2v) is 4.01. The fraction of sp³-hybridized carbons (Fsp3) is 0.545. The molecular formula is C11H18N2O. The first-order valence-electron chi connectivity index (χ1n) is 4.81. The van der Waals surface area contributed by atoms with Gasteiger partial charge in [0.05, 0.1) is 7.11 Å². The van der Waals surface area contributed by atoms with Crippen molar-refractivity contribution >= 4 is 0 Å². The standard InChI is InChI=1S/C11H18N2O/c1-11(2,6-7-12)9-4-5-10(14-3)13-8-9/h4-5,8H,6-7,12H2,1-3H3. The molecule has 0 atom stereocenters. The summed E-state index contributed by atoms with van der Waals surface area (Å²) in [7, 11) is 1.62. The molecule has 0 bridgehead atoms. The summed E-state index contributed by atoms with van der Waals surface area (Å²) < 4.78 is 5.01. The maximum atomic E-state index is 5.56. The Morgan fingerprint density at radius 2 is 2.14 bits per heavy atom. The smallest absolute Gasteiger partial charge is 0.212 e. The summed E-state index contributed by atoms with van der Waals surface area (Å²) in [4.78, 5) is 4.18. The zero-order valence-corrected chi connectivity index (χ0v) is 9.08. The molecule has 0 amide bonds. The van der Waals surface area contributed by atoms with Crippen molar-refractivity contribution in [2.45, 2.75) is 25.7 Å². The number of rotatable bonds is 4. The van der Waals surface area contributed by atoms with E-state index in [1.54, 1.807) is 7.11 Å². The van der Waals surface area contributed by atoms with Crippen molar-refractivity contribution < 1.29 is 4.74 Å². The van der Waals surface area contributed by atoms with E-state index in [2.05, 4.69) is 18.8 Å². The molecule has 14 heavy (non-hydrogen) atoms. The maximum absolute atomic E-state index is 5.56. The topological polar surface area (TPSA) is 48.1 Å². The van der Waals surface area contributed by atoms with E-state index in [1.165, 1.54) is 5.56 Å². The van der Waals surface area contributed by atoms with Gasteiger partial charge in [0.25, 0.3) is 0 Å². The van der Waals surface area contributed by atoms with Gasteiger partial charge in [-0.1, -0.05) is 19.9 Å². The van der Waals surface area contributed by atoms with E-state index in [0.29, 0.717) is 12.4 Å². The highest BCUT2D eigenvalue weighted by atomic mass is 16.5. The molecule has 0 aliphatic rings. The molecule has 78 valence electrons. The molecule has 3 nitrogen and oxygen atoms in total. The second kappa shape index (κ2) is 4.42. The van der Waals surface area contributed by atoms with Gasteiger partial charge >= 0.3 is 0 Å². The Morgan fingerprint density at radius 1 is 1.43 bits per heavy atom. The van der Waals surface area contributed by atoms with E-state index in [4.69, 9.17) is 10.5 Å². The van der Waals surface area contributed by atoms with E-state index < -0.39 is 0 Å². The highest BCUT2D eigenvalue weighted by Gasteiger charge is 2.19. The van der Waals surface area contributed by atoms with Crippen molar-refractivity contribution in [3.05, 3.63) is 23.9 Å². The highest BCUT2D eigenvalue weighted by molar-refractivity contribution is 5.24. The lowest BCUT2D eigenvalue weighted by atomic mass is 9.82. The first-order valence-corrected chi connectivity index (χ1v) is 4.81. The van der Waals surface area contributed by atoms with Crippen LogP contribution in [0.4, 0.5) is 0 Å². The van der Waals surface area contributed by atoms with Crippen LogP contribution in [0.2, 0.25) is 0 Å². The number of hydrogen-bond donors (Lipinski definition) is 1. The lowest BCUT2D eigenvalue weighted by Crippen LogP contribution is -2.21. The molecular weight excluding hydrogens is 176 g/mol. The lowest BCUT2D eigenvalue weighted by molar-refractivity contribution is 0.396. The summed E-state index contributed by atoms with van der Waals surface area (Å²) in [6, 6.07) is 3.93. The van der Waals surface area contributed by atoms with Crippen LogP contribution in [-0.4, -0.2) is 18.6 Å². The van der Waals surface area contributed by atoms with Gasteiger partial charge < -0.3 is 10.5 Å². The third-order valence-electron chi connectivity index (χ3n) is 2.50. The van der Waals surface area contributed by atoms with Gasteiger partial charge in [-0.15, -0.1) is 0 Å². The first kappa shape index (κ1) is 11.0. The highest BCUT2D eigenvalue weighted by Crippen LogP contribution is 2.26. The Kier molecular flexibility index (Phi) is 3.47. The zero-order valence-electron chi connectivity index (χ0n) is 9.08. The van der Waals surface area contributed by atoms with Crippen LogP contribution in [0.3, 0.4) is 0 Å². The molecule has 0 fully saturated rings. The molecule has 0 spiro atoms. The molecule has 3 heteroatoms. The quantitative estimate of drug-likeness (QED) is 0.793. The Balaban J connectivity index is 2.85. The van der Waals surface area contributed by atoms with Crippen LogP contribution in [0.5, 0.6) is 5.88 Å². The summed E-state index contributed by atoms with van der Waals surface area (Å²) in [5.74, 6) is 0.650. The Bertz CT molecular complexity index is 280. The van der Waals surface area contributed by atoms with Crippen molar-refractivity contribution in [2.75, 3.05) is 13.7 Å². The average molecular weight is 194 g/mol. The van der Waals surface area contributed by atoms with Gasteiger partial charge in [0.1, 0.15) is 0 Å². The van der Waals surface area contributed by atoms with Crippen molar-refractivity contribution in [3.63, 3.8) is 0 Å². The van der Waals surface area contributed by atoms with Gasteiger partial charge in [-0.25, -0.2) is 4.98 Å². The molecule has 1 aromatic rings. The molecule has 0 radical (unpaired) electrons. The summed E-state index contributed by atoms with van der Waals surface area (Å²) in [5.41, 5.74) is 6.85. The molecule has 0 saturated carbocycles. The van der Waals surface area contributed by atoms with E-state index in [0.717, 1.165) is 6.42 Å². The van der Waals surface area contributed by atoms with E-state index in [-0.39, 0.29) is 5.41 Å². The van der Waals surface area contributed by atoms with E-state index in [1.807, 2.05) is 18.3 Å². The van der Waals surface area contributed by atoms with Crippen LogP contribution in [0.25, 0.3) is 0 Å².